The Labute approximate surface area is 58.0 Å². The second-order valence-electron chi connectivity index (χ2n) is 2.88. The third kappa shape index (κ3) is 1.98. The highest BCUT2D eigenvalue weighted by atomic mass is 15.3. The van der Waals surface area contributed by atoms with E-state index in [2.05, 4.69) is 18.7 Å². The number of nitrogens with zero attached hydrogens (tertiary/aromatic N) is 1. The first-order chi connectivity index (χ1) is 4.38. The van der Waals surface area contributed by atoms with Gasteiger partial charge in [-0.15, -0.1) is 0 Å². The van der Waals surface area contributed by atoms with Crippen LogP contribution >= 0.6 is 0 Å². The van der Waals surface area contributed by atoms with Crippen LogP contribution in [0, 0.1) is 0 Å². The lowest BCUT2D eigenvalue weighted by molar-refractivity contribution is 0.507. The molecule has 0 N–H and O–H groups in total. The first kappa shape index (κ1) is 7.07. The Morgan fingerprint density at radius 1 is 1.44 bits per heavy atom. The van der Waals surface area contributed by atoms with Crippen LogP contribution in [-0.2, 0) is 0 Å². The molecule has 0 bridgehead atoms. The van der Waals surface area contributed by atoms with E-state index in [1.165, 1.54) is 32.4 Å². The van der Waals surface area contributed by atoms with Crippen LogP contribution in [0.25, 0.3) is 0 Å². The molecular formula is C8H17N. The highest BCUT2D eigenvalue weighted by molar-refractivity contribution is 4.87. The molecule has 1 fully saturated rings. The third-order valence-corrected chi connectivity index (χ3v) is 2.13. The predicted octanol–water partition coefficient (Wildman–Crippen LogP) is 1.88. The smallest absolute Gasteiger partial charge is 0.0223 e. The Bertz CT molecular complexity index is 80.6. The van der Waals surface area contributed by atoms with E-state index in [1.807, 2.05) is 0 Å². The average molecular weight is 127 g/mol. The maximum Gasteiger partial charge on any atom is 0.0223 e. The summed E-state index contributed by atoms with van der Waals surface area (Å²) in [6, 6.07) is 0.968. The number of unbranched alkanes of at least 4 members (excludes halogenated alkanes) is 1. The van der Waals surface area contributed by atoms with Gasteiger partial charge in [0.2, 0.25) is 0 Å². The predicted molar refractivity (Wildman–Crippen MR) is 40.6 cm³/mol. The fourth-order valence-corrected chi connectivity index (χ4v) is 1.32. The van der Waals surface area contributed by atoms with Crippen molar-refractivity contribution < 1.29 is 0 Å². The standard InChI is InChI=1S/C8H17N/c1-3-5-6-8-7-9(8)4-2/h8H,3-7H2,1-2H3. The van der Waals surface area contributed by atoms with Crippen LogP contribution in [0.3, 0.4) is 0 Å². The molecule has 0 aromatic rings. The van der Waals surface area contributed by atoms with Crippen molar-refractivity contribution in [3.63, 3.8) is 0 Å². The zero-order chi connectivity index (χ0) is 6.69. The van der Waals surface area contributed by atoms with Gasteiger partial charge in [-0.1, -0.05) is 26.7 Å². The molecule has 0 aliphatic carbocycles. The number of hydrogen-bond donors (Lipinski definition) is 0. The van der Waals surface area contributed by atoms with Crippen molar-refractivity contribution in [2.75, 3.05) is 13.1 Å². The molecule has 1 saturated heterocycles. The molecule has 0 aromatic heterocycles. The quantitative estimate of drug-likeness (QED) is 0.521. The molecule has 0 aromatic carbocycles. The van der Waals surface area contributed by atoms with Gasteiger partial charge in [-0.25, -0.2) is 0 Å². The normalized spacial score (nSPS) is 32.7. The van der Waals surface area contributed by atoms with E-state index in [0.29, 0.717) is 0 Å². The Hall–Kier alpha value is -0.0400. The lowest BCUT2D eigenvalue weighted by Gasteiger charge is -1.96. The second kappa shape index (κ2) is 3.21. The van der Waals surface area contributed by atoms with E-state index in [-0.39, 0.29) is 0 Å². The third-order valence-electron chi connectivity index (χ3n) is 2.13. The summed E-state index contributed by atoms with van der Waals surface area (Å²) in [5.74, 6) is 0. The number of likely N-dealkylation sites (N-methyl/N-ethyl adjacent to an activating group) is 1. The molecule has 1 heterocycles. The Balaban J connectivity index is 1.92. The second-order valence-corrected chi connectivity index (χ2v) is 2.88. The molecule has 54 valence electrons. The van der Waals surface area contributed by atoms with Crippen LogP contribution in [0.2, 0.25) is 0 Å². The van der Waals surface area contributed by atoms with Gasteiger partial charge in [0.05, 0.1) is 0 Å². The minimum absolute atomic E-state index is 0.968. The summed E-state index contributed by atoms with van der Waals surface area (Å²) in [5, 5.41) is 0. The highest BCUT2D eigenvalue weighted by Gasteiger charge is 2.30. The molecule has 9 heavy (non-hydrogen) atoms. The van der Waals surface area contributed by atoms with Crippen molar-refractivity contribution in [2.45, 2.75) is 39.2 Å². The van der Waals surface area contributed by atoms with Crippen molar-refractivity contribution in [3.8, 4) is 0 Å². The first-order valence-electron chi connectivity index (χ1n) is 4.12. The van der Waals surface area contributed by atoms with E-state index in [1.54, 1.807) is 0 Å². The first-order valence-corrected chi connectivity index (χ1v) is 4.12. The zero-order valence-electron chi connectivity index (χ0n) is 6.56. The largest absolute Gasteiger partial charge is 0.298 e. The monoisotopic (exact) mass is 127 g/mol. The Kier molecular flexibility index (Phi) is 2.52. The van der Waals surface area contributed by atoms with Crippen LogP contribution in [0.5, 0.6) is 0 Å². The van der Waals surface area contributed by atoms with Crippen LogP contribution < -0.4 is 0 Å². The highest BCUT2D eigenvalue weighted by Crippen LogP contribution is 2.21. The summed E-state index contributed by atoms with van der Waals surface area (Å²) in [6.45, 7) is 7.13. The van der Waals surface area contributed by atoms with Gasteiger partial charge >= 0.3 is 0 Å². The van der Waals surface area contributed by atoms with Crippen molar-refractivity contribution in [2.24, 2.45) is 0 Å². The van der Waals surface area contributed by atoms with Crippen molar-refractivity contribution in [1.29, 1.82) is 0 Å². The van der Waals surface area contributed by atoms with Crippen molar-refractivity contribution in [1.82, 2.24) is 4.90 Å². The Morgan fingerprint density at radius 2 is 2.22 bits per heavy atom. The van der Waals surface area contributed by atoms with E-state index in [0.717, 1.165) is 6.04 Å². The molecule has 0 amide bonds. The van der Waals surface area contributed by atoms with Gasteiger partial charge in [0, 0.05) is 12.6 Å². The SMILES string of the molecule is CCCCC1CN1CC. The maximum absolute atomic E-state index is 2.52. The van der Waals surface area contributed by atoms with Gasteiger partial charge in [0.1, 0.15) is 0 Å². The minimum atomic E-state index is 0.968. The number of hydrogen-bond acceptors (Lipinski definition) is 1. The summed E-state index contributed by atoms with van der Waals surface area (Å²) in [4.78, 5) is 2.52. The fourth-order valence-electron chi connectivity index (χ4n) is 1.32. The molecule has 1 nitrogen and oxygen atoms in total. The van der Waals surface area contributed by atoms with E-state index >= 15 is 0 Å². The fraction of sp³-hybridized carbons (Fsp3) is 1.00. The molecule has 1 aliphatic rings. The summed E-state index contributed by atoms with van der Waals surface area (Å²) >= 11 is 0. The van der Waals surface area contributed by atoms with Crippen molar-refractivity contribution in [3.05, 3.63) is 0 Å². The lowest BCUT2D eigenvalue weighted by Crippen LogP contribution is -1.99. The molecule has 1 rings (SSSR count). The summed E-state index contributed by atoms with van der Waals surface area (Å²) < 4.78 is 0. The van der Waals surface area contributed by atoms with Crippen LogP contribution in [-0.4, -0.2) is 24.0 Å². The number of rotatable bonds is 4. The van der Waals surface area contributed by atoms with Crippen molar-refractivity contribution >= 4 is 0 Å². The van der Waals surface area contributed by atoms with Gasteiger partial charge < -0.3 is 0 Å². The summed E-state index contributed by atoms with van der Waals surface area (Å²) in [6.07, 6.45) is 4.21. The van der Waals surface area contributed by atoms with Crippen LogP contribution in [0.4, 0.5) is 0 Å². The van der Waals surface area contributed by atoms with Gasteiger partial charge in [-0.3, -0.25) is 4.90 Å². The van der Waals surface area contributed by atoms with Gasteiger partial charge in [0.15, 0.2) is 0 Å². The molecular weight excluding hydrogens is 110 g/mol. The molecule has 1 heteroatoms. The topological polar surface area (TPSA) is 3.01 Å². The van der Waals surface area contributed by atoms with E-state index in [9.17, 15) is 0 Å². The van der Waals surface area contributed by atoms with Gasteiger partial charge in [-0.05, 0) is 13.0 Å². The summed E-state index contributed by atoms with van der Waals surface area (Å²) in [7, 11) is 0. The Morgan fingerprint density at radius 3 is 2.67 bits per heavy atom. The van der Waals surface area contributed by atoms with Gasteiger partial charge in [0.25, 0.3) is 0 Å². The van der Waals surface area contributed by atoms with Crippen LogP contribution in [0.1, 0.15) is 33.1 Å². The molecule has 0 radical (unpaired) electrons. The molecule has 0 spiro atoms. The van der Waals surface area contributed by atoms with E-state index in [4.69, 9.17) is 0 Å². The van der Waals surface area contributed by atoms with E-state index < -0.39 is 0 Å². The zero-order valence-corrected chi connectivity index (χ0v) is 6.56. The molecule has 2 atom stereocenters. The molecule has 2 unspecified atom stereocenters. The lowest BCUT2D eigenvalue weighted by atomic mass is 10.2. The average Bonchev–Trinajstić information content (AvgIpc) is 2.62. The van der Waals surface area contributed by atoms with Gasteiger partial charge in [-0.2, -0.15) is 0 Å². The maximum atomic E-state index is 2.52. The van der Waals surface area contributed by atoms with Crippen LogP contribution in [0.15, 0.2) is 0 Å². The molecule has 1 aliphatic heterocycles. The summed E-state index contributed by atoms with van der Waals surface area (Å²) in [5.41, 5.74) is 0. The minimum Gasteiger partial charge on any atom is -0.298 e. The molecule has 0 saturated carbocycles.